The highest BCUT2D eigenvalue weighted by Crippen LogP contribution is 2.31. The number of anilines is 1. The number of amides is 2. The Morgan fingerprint density at radius 2 is 1.82 bits per heavy atom. The number of aryl methyl sites for hydroxylation is 3. The van der Waals surface area contributed by atoms with Gasteiger partial charge in [0.15, 0.2) is 11.7 Å². The Labute approximate surface area is 167 Å². The van der Waals surface area contributed by atoms with Crippen molar-refractivity contribution in [2.45, 2.75) is 20.8 Å². The van der Waals surface area contributed by atoms with Gasteiger partial charge in [-0.1, -0.05) is 29.8 Å². The van der Waals surface area contributed by atoms with Gasteiger partial charge < -0.3 is 10.5 Å². The first-order valence-electron chi connectivity index (χ1n) is 8.70. The molecule has 0 fully saturated rings. The van der Waals surface area contributed by atoms with Crippen LogP contribution in [0.25, 0.3) is 11.3 Å². The van der Waals surface area contributed by atoms with Crippen molar-refractivity contribution in [1.82, 2.24) is 4.98 Å². The number of hydrogen-bond acceptors (Lipinski definition) is 5. The minimum Gasteiger partial charge on any atom is -0.483 e. The Balaban J connectivity index is 1.81. The predicted octanol–water partition coefficient (Wildman–Crippen LogP) is 3.85. The molecule has 1 aromatic heterocycles. The molecular formula is C21H21N3O3S. The van der Waals surface area contributed by atoms with Crippen LogP contribution in [0.3, 0.4) is 0 Å². The number of carbonyl (C=O) groups excluding carboxylic acids is 2. The van der Waals surface area contributed by atoms with Gasteiger partial charge in [-0.25, -0.2) is 4.98 Å². The number of ether oxygens (including phenoxy) is 1. The molecule has 0 aliphatic carbocycles. The summed E-state index contributed by atoms with van der Waals surface area (Å²) in [6, 6.07) is 10.9. The smallest absolute Gasteiger partial charge is 0.261 e. The maximum Gasteiger partial charge on any atom is 0.261 e. The highest BCUT2D eigenvalue weighted by atomic mass is 32.1. The van der Waals surface area contributed by atoms with Gasteiger partial charge in [0.2, 0.25) is 0 Å². The predicted molar refractivity (Wildman–Crippen MR) is 111 cm³/mol. The minimum absolute atomic E-state index is 0.292. The lowest BCUT2D eigenvalue weighted by Gasteiger charge is -2.10. The topological polar surface area (TPSA) is 94.3 Å². The molecule has 2 amide bonds. The molecule has 144 valence electrons. The van der Waals surface area contributed by atoms with E-state index >= 15 is 0 Å². The quantitative estimate of drug-likeness (QED) is 0.663. The zero-order valence-corrected chi connectivity index (χ0v) is 16.7. The number of para-hydroxylation sites is 1. The van der Waals surface area contributed by atoms with Crippen molar-refractivity contribution in [1.29, 1.82) is 0 Å². The van der Waals surface area contributed by atoms with Crippen molar-refractivity contribution < 1.29 is 14.3 Å². The largest absolute Gasteiger partial charge is 0.483 e. The number of nitrogens with two attached hydrogens (primary N) is 1. The maximum atomic E-state index is 12.7. The van der Waals surface area contributed by atoms with E-state index in [1.54, 1.807) is 24.3 Å². The Bertz CT molecular complexity index is 1020. The third-order valence-electron chi connectivity index (χ3n) is 4.16. The average Bonchev–Trinajstić information content (AvgIpc) is 3.07. The van der Waals surface area contributed by atoms with Gasteiger partial charge >= 0.3 is 0 Å². The van der Waals surface area contributed by atoms with Crippen LogP contribution in [0.15, 0.2) is 41.8 Å². The van der Waals surface area contributed by atoms with E-state index in [4.69, 9.17) is 10.5 Å². The van der Waals surface area contributed by atoms with Crippen molar-refractivity contribution in [2.24, 2.45) is 5.73 Å². The van der Waals surface area contributed by atoms with Gasteiger partial charge in [0.25, 0.3) is 11.8 Å². The lowest BCUT2D eigenvalue weighted by Crippen LogP contribution is -2.21. The van der Waals surface area contributed by atoms with Crippen LogP contribution in [0.5, 0.6) is 5.75 Å². The van der Waals surface area contributed by atoms with Gasteiger partial charge in [-0.05, 0) is 44.0 Å². The first kappa shape index (κ1) is 19.6. The summed E-state index contributed by atoms with van der Waals surface area (Å²) in [4.78, 5) is 28.2. The summed E-state index contributed by atoms with van der Waals surface area (Å²) in [5.74, 6) is -0.678. The zero-order chi connectivity index (χ0) is 20.3. The second-order valence-electron chi connectivity index (χ2n) is 6.52. The van der Waals surface area contributed by atoms with Crippen LogP contribution in [-0.4, -0.2) is 23.4 Å². The van der Waals surface area contributed by atoms with Crippen LogP contribution < -0.4 is 15.8 Å². The molecule has 0 atom stereocenters. The van der Waals surface area contributed by atoms with Gasteiger partial charge in [-0.3, -0.25) is 14.9 Å². The number of aromatic nitrogens is 1. The molecule has 0 unspecified atom stereocenters. The number of nitrogens with one attached hydrogen (secondary N) is 1. The molecular weight excluding hydrogens is 374 g/mol. The fourth-order valence-corrected chi connectivity index (χ4v) is 3.82. The van der Waals surface area contributed by atoms with Crippen molar-refractivity contribution in [2.75, 3.05) is 11.9 Å². The highest BCUT2D eigenvalue weighted by Gasteiger charge is 2.16. The van der Waals surface area contributed by atoms with E-state index in [2.05, 4.69) is 43.2 Å². The number of thiazole rings is 1. The molecule has 1 heterocycles. The summed E-state index contributed by atoms with van der Waals surface area (Å²) in [6.07, 6.45) is 0. The third-order valence-corrected chi connectivity index (χ3v) is 4.92. The molecule has 0 saturated heterocycles. The summed E-state index contributed by atoms with van der Waals surface area (Å²) in [5, 5.41) is 5.22. The maximum absolute atomic E-state index is 12.7. The Morgan fingerprint density at radius 3 is 2.50 bits per heavy atom. The summed E-state index contributed by atoms with van der Waals surface area (Å²) in [7, 11) is 0. The number of rotatable bonds is 6. The van der Waals surface area contributed by atoms with E-state index in [0.29, 0.717) is 16.4 Å². The molecule has 3 N–H and O–H groups in total. The van der Waals surface area contributed by atoms with E-state index in [1.807, 2.05) is 5.38 Å². The van der Waals surface area contributed by atoms with Crippen LogP contribution in [-0.2, 0) is 4.79 Å². The third kappa shape index (κ3) is 4.37. The van der Waals surface area contributed by atoms with Gasteiger partial charge in [0, 0.05) is 10.9 Å². The molecule has 0 spiro atoms. The summed E-state index contributed by atoms with van der Waals surface area (Å²) >= 11 is 1.36. The van der Waals surface area contributed by atoms with Crippen molar-refractivity contribution in [3.05, 3.63) is 64.0 Å². The van der Waals surface area contributed by atoms with Crippen molar-refractivity contribution >= 4 is 28.3 Å². The van der Waals surface area contributed by atoms with E-state index in [1.165, 1.54) is 16.9 Å². The molecule has 0 aliphatic heterocycles. The molecule has 0 aliphatic rings. The fourth-order valence-electron chi connectivity index (χ4n) is 3.12. The van der Waals surface area contributed by atoms with E-state index < -0.39 is 5.91 Å². The molecule has 3 rings (SSSR count). The lowest BCUT2D eigenvalue weighted by atomic mass is 9.98. The van der Waals surface area contributed by atoms with Crippen molar-refractivity contribution in [3.8, 4) is 17.0 Å². The normalized spacial score (nSPS) is 10.5. The van der Waals surface area contributed by atoms with E-state index in [0.717, 1.165) is 22.4 Å². The Morgan fingerprint density at radius 1 is 1.14 bits per heavy atom. The highest BCUT2D eigenvalue weighted by molar-refractivity contribution is 7.14. The van der Waals surface area contributed by atoms with Crippen LogP contribution >= 0.6 is 11.3 Å². The molecule has 0 saturated carbocycles. The van der Waals surface area contributed by atoms with Gasteiger partial charge in [-0.2, -0.15) is 0 Å². The van der Waals surface area contributed by atoms with Crippen molar-refractivity contribution in [3.63, 3.8) is 0 Å². The van der Waals surface area contributed by atoms with E-state index in [9.17, 15) is 9.59 Å². The van der Waals surface area contributed by atoms with Crippen LogP contribution in [0.2, 0.25) is 0 Å². The molecule has 2 aromatic carbocycles. The Kier molecular flexibility index (Phi) is 5.75. The average molecular weight is 395 g/mol. The number of benzene rings is 2. The zero-order valence-electron chi connectivity index (χ0n) is 15.9. The molecule has 6 nitrogen and oxygen atoms in total. The standard InChI is InChI=1S/C21H21N3O3S/c1-12-8-13(2)19(14(3)9-12)16-11-28-21(23-16)24-20(26)15-6-4-5-7-17(15)27-10-18(22)25/h4-9,11H,10H2,1-3H3,(H2,22,25)(H,23,24,26). The first-order valence-corrected chi connectivity index (χ1v) is 9.58. The lowest BCUT2D eigenvalue weighted by molar-refractivity contribution is -0.119. The summed E-state index contributed by atoms with van der Waals surface area (Å²) in [5.41, 5.74) is 10.8. The number of hydrogen-bond donors (Lipinski definition) is 2. The van der Waals surface area contributed by atoms with Crippen LogP contribution in [0.1, 0.15) is 27.0 Å². The van der Waals surface area contributed by atoms with Gasteiger partial charge in [0.1, 0.15) is 5.75 Å². The Hall–Kier alpha value is -3.19. The monoisotopic (exact) mass is 395 g/mol. The molecule has 0 bridgehead atoms. The number of primary amides is 1. The summed E-state index contributed by atoms with van der Waals surface area (Å²) in [6.45, 7) is 5.88. The van der Waals surface area contributed by atoms with Crippen LogP contribution in [0, 0.1) is 20.8 Å². The molecule has 28 heavy (non-hydrogen) atoms. The fraction of sp³-hybridized carbons (Fsp3) is 0.190. The van der Waals surface area contributed by atoms with Gasteiger partial charge in [0.05, 0.1) is 11.3 Å². The second-order valence-corrected chi connectivity index (χ2v) is 7.37. The molecule has 0 radical (unpaired) electrons. The van der Waals surface area contributed by atoms with Crippen LogP contribution in [0.4, 0.5) is 5.13 Å². The minimum atomic E-state index is -0.608. The number of nitrogens with zero attached hydrogens (tertiary/aromatic N) is 1. The second kappa shape index (κ2) is 8.22. The summed E-state index contributed by atoms with van der Waals surface area (Å²) < 4.78 is 5.32. The SMILES string of the molecule is Cc1cc(C)c(-c2csc(NC(=O)c3ccccc3OCC(N)=O)n2)c(C)c1. The van der Waals surface area contributed by atoms with E-state index in [-0.39, 0.29) is 12.5 Å². The number of carbonyl (C=O) groups is 2. The van der Waals surface area contributed by atoms with Gasteiger partial charge in [-0.15, -0.1) is 11.3 Å². The molecule has 7 heteroatoms. The molecule has 3 aromatic rings. The first-order chi connectivity index (χ1) is 13.3.